The second-order valence-corrected chi connectivity index (χ2v) is 6.33. The van der Waals surface area contributed by atoms with Crippen molar-refractivity contribution in [2.45, 2.75) is 38.6 Å². The molecule has 7 heteroatoms. The Labute approximate surface area is 154 Å². The molecule has 1 aliphatic rings. The number of nitrogens with two attached hydrogens (primary N) is 1. The van der Waals surface area contributed by atoms with Crippen LogP contribution >= 0.6 is 24.0 Å². The molecule has 3 N–H and O–H groups in total. The van der Waals surface area contributed by atoms with Crippen LogP contribution in [0, 0.1) is 5.92 Å². The normalized spacial score (nSPS) is 18.2. The van der Waals surface area contributed by atoms with Crippen molar-refractivity contribution in [3.05, 3.63) is 29.3 Å². The van der Waals surface area contributed by atoms with Crippen molar-refractivity contribution >= 4 is 41.5 Å². The minimum atomic E-state index is -0.635. The van der Waals surface area contributed by atoms with Crippen LogP contribution in [-0.4, -0.2) is 30.9 Å². The summed E-state index contributed by atoms with van der Waals surface area (Å²) in [5.41, 5.74) is 6.44. The van der Waals surface area contributed by atoms with Crippen molar-refractivity contribution < 1.29 is 9.59 Å². The lowest BCUT2D eigenvalue weighted by atomic mass is 10.1. The van der Waals surface area contributed by atoms with Gasteiger partial charge in [-0.2, -0.15) is 0 Å². The highest BCUT2D eigenvalue weighted by Crippen LogP contribution is 2.27. The summed E-state index contributed by atoms with van der Waals surface area (Å²) >= 11 is 5.97. The van der Waals surface area contributed by atoms with Gasteiger partial charge in [0.2, 0.25) is 11.8 Å². The van der Waals surface area contributed by atoms with E-state index in [2.05, 4.69) is 12.2 Å². The first-order chi connectivity index (χ1) is 11.1. The standard InChI is InChI=1S/C17H24ClN3O2.ClH/c1-2-3-6-13(11-19)20-16(22)15-8-9-21(17(15)23)14-7-4-5-12(18)10-14;/h4-5,7,10,13,15H,2-3,6,8-9,11,19H2,1H3,(H,20,22);1H. The summed E-state index contributed by atoms with van der Waals surface area (Å²) in [5.74, 6) is -1.02. The van der Waals surface area contributed by atoms with Crippen LogP contribution in [-0.2, 0) is 9.59 Å². The maximum absolute atomic E-state index is 12.5. The SMILES string of the molecule is CCCCC(CN)NC(=O)C1CCN(c2cccc(Cl)c2)C1=O.Cl. The number of nitrogens with one attached hydrogen (secondary N) is 1. The lowest BCUT2D eigenvalue weighted by molar-refractivity contribution is -0.132. The van der Waals surface area contributed by atoms with E-state index in [0.29, 0.717) is 24.5 Å². The van der Waals surface area contributed by atoms with Crippen LogP contribution in [0.2, 0.25) is 5.02 Å². The fourth-order valence-corrected chi connectivity index (χ4v) is 3.01. The zero-order valence-electron chi connectivity index (χ0n) is 13.8. The number of halogens is 2. The zero-order valence-corrected chi connectivity index (χ0v) is 15.4. The summed E-state index contributed by atoms with van der Waals surface area (Å²) in [4.78, 5) is 26.5. The van der Waals surface area contributed by atoms with Crippen LogP contribution in [0.15, 0.2) is 24.3 Å². The van der Waals surface area contributed by atoms with Gasteiger partial charge in [0, 0.05) is 29.8 Å². The third kappa shape index (κ3) is 5.10. The molecule has 1 heterocycles. The van der Waals surface area contributed by atoms with E-state index in [1.807, 2.05) is 6.07 Å². The van der Waals surface area contributed by atoms with Gasteiger partial charge in [-0.25, -0.2) is 0 Å². The molecule has 1 fully saturated rings. The number of hydrogen-bond acceptors (Lipinski definition) is 3. The highest BCUT2D eigenvalue weighted by Gasteiger charge is 2.38. The van der Waals surface area contributed by atoms with Crippen molar-refractivity contribution in [1.29, 1.82) is 0 Å². The van der Waals surface area contributed by atoms with Gasteiger partial charge >= 0.3 is 0 Å². The van der Waals surface area contributed by atoms with E-state index in [4.69, 9.17) is 17.3 Å². The number of benzene rings is 1. The predicted molar refractivity (Wildman–Crippen MR) is 99.7 cm³/mol. The fraction of sp³-hybridized carbons (Fsp3) is 0.529. The number of carbonyl (C=O) groups excluding carboxylic acids is 2. The first kappa shape index (κ1) is 20.7. The minimum Gasteiger partial charge on any atom is -0.351 e. The Morgan fingerprint density at radius 3 is 2.88 bits per heavy atom. The third-order valence-electron chi connectivity index (χ3n) is 4.18. The lowest BCUT2D eigenvalue weighted by Gasteiger charge is -2.20. The van der Waals surface area contributed by atoms with E-state index in [9.17, 15) is 9.59 Å². The van der Waals surface area contributed by atoms with Gasteiger partial charge < -0.3 is 16.0 Å². The molecule has 1 aliphatic heterocycles. The molecule has 0 aliphatic carbocycles. The number of hydrogen-bond donors (Lipinski definition) is 2. The molecule has 0 aromatic heterocycles. The topological polar surface area (TPSA) is 75.4 Å². The van der Waals surface area contributed by atoms with Crippen molar-refractivity contribution in [1.82, 2.24) is 5.32 Å². The second kappa shape index (κ2) is 9.87. The number of rotatable bonds is 7. The minimum absolute atomic E-state index is 0. The number of amides is 2. The van der Waals surface area contributed by atoms with Gasteiger partial charge in [0.1, 0.15) is 5.92 Å². The number of anilines is 1. The van der Waals surface area contributed by atoms with Crippen molar-refractivity contribution in [3.63, 3.8) is 0 Å². The molecule has 134 valence electrons. The van der Waals surface area contributed by atoms with E-state index < -0.39 is 5.92 Å². The van der Waals surface area contributed by atoms with Crippen LogP contribution in [0.4, 0.5) is 5.69 Å². The Bertz CT molecular complexity index is 569. The molecule has 5 nitrogen and oxygen atoms in total. The Morgan fingerprint density at radius 2 is 2.25 bits per heavy atom. The summed E-state index contributed by atoms with van der Waals surface area (Å²) in [5, 5.41) is 3.49. The summed E-state index contributed by atoms with van der Waals surface area (Å²) in [6.45, 7) is 3.02. The summed E-state index contributed by atoms with van der Waals surface area (Å²) in [6.07, 6.45) is 3.42. The van der Waals surface area contributed by atoms with Crippen LogP contribution in [0.1, 0.15) is 32.6 Å². The lowest BCUT2D eigenvalue weighted by Crippen LogP contribution is -2.45. The van der Waals surface area contributed by atoms with Gasteiger partial charge in [-0.05, 0) is 31.0 Å². The largest absolute Gasteiger partial charge is 0.351 e. The molecule has 1 saturated heterocycles. The summed E-state index contributed by atoms with van der Waals surface area (Å²) in [7, 11) is 0. The molecule has 0 spiro atoms. The monoisotopic (exact) mass is 373 g/mol. The first-order valence-electron chi connectivity index (χ1n) is 8.14. The van der Waals surface area contributed by atoms with E-state index >= 15 is 0 Å². The maximum Gasteiger partial charge on any atom is 0.239 e. The van der Waals surface area contributed by atoms with Crippen LogP contribution in [0.5, 0.6) is 0 Å². The number of carbonyl (C=O) groups is 2. The average molecular weight is 374 g/mol. The summed E-state index contributed by atoms with van der Waals surface area (Å²) < 4.78 is 0. The molecule has 0 bridgehead atoms. The molecule has 24 heavy (non-hydrogen) atoms. The van der Waals surface area contributed by atoms with Crippen molar-refractivity contribution in [2.24, 2.45) is 11.7 Å². The molecule has 1 aromatic carbocycles. The molecule has 1 aromatic rings. The summed E-state index contributed by atoms with van der Waals surface area (Å²) in [6, 6.07) is 7.07. The van der Waals surface area contributed by atoms with E-state index in [-0.39, 0.29) is 30.3 Å². The van der Waals surface area contributed by atoms with Crippen molar-refractivity contribution in [2.75, 3.05) is 18.0 Å². The Kier molecular flexibility index (Phi) is 8.53. The first-order valence-corrected chi connectivity index (χ1v) is 8.52. The van der Waals surface area contributed by atoms with Crippen LogP contribution in [0.25, 0.3) is 0 Å². The molecule has 2 atom stereocenters. The van der Waals surface area contributed by atoms with E-state index in [0.717, 1.165) is 24.9 Å². The van der Waals surface area contributed by atoms with Gasteiger partial charge in [-0.3, -0.25) is 9.59 Å². The van der Waals surface area contributed by atoms with Gasteiger partial charge in [-0.1, -0.05) is 37.4 Å². The van der Waals surface area contributed by atoms with Crippen LogP contribution in [0.3, 0.4) is 0 Å². The Balaban J connectivity index is 0.00000288. The second-order valence-electron chi connectivity index (χ2n) is 5.89. The molecule has 2 unspecified atom stereocenters. The van der Waals surface area contributed by atoms with Gasteiger partial charge in [0.25, 0.3) is 0 Å². The number of nitrogens with zero attached hydrogens (tertiary/aromatic N) is 1. The van der Waals surface area contributed by atoms with Gasteiger partial charge in [-0.15, -0.1) is 12.4 Å². The van der Waals surface area contributed by atoms with Crippen LogP contribution < -0.4 is 16.0 Å². The highest BCUT2D eigenvalue weighted by atomic mass is 35.5. The van der Waals surface area contributed by atoms with E-state index in [1.165, 1.54) is 0 Å². The molecular weight excluding hydrogens is 349 g/mol. The zero-order chi connectivity index (χ0) is 16.8. The fourth-order valence-electron chi connectivity index (χ4n) is 2.82. The number of unbranched alkanes of at least 4 members (excludes halogenated alkanes) is 1. The van der Waals surface area contributed by atoms with Gasteiger partial charge in [0.15, 0.2) is 0 Å². The molecule has 0 saturated carbocycles. The molecular formula is C17H25Cl2N3O2. The molecule has 2 amide bonds. The highest BCUT2D eigenvalue weighted by molar-refractivity contribution is 6.31. The van der Waals surface area contributed by atoms with E-state index in [1.54, 1.807) is 23.1 Å². The molecule has 2 rings (SSSR count). The smallest absolute Gasteiger partial charge is 0.239 e. The molecule has 0 radical (unpaired) electrons. The Hall–Kier alpha value is -1.30. The third-order valence-corrected chi connectivity index (χ3v) is 4.41. The van der Waals surface area contributed by atoms with Crippen molar-refractivity contribution in [3.8, 4) is 0 Å². The quantitative estimate of drug-likeness (QED) is 0.721. The average Bonchev–Trinajstić information content (AvgIpc) is 2.93. The Morgan fingerprint density at radius 1 is 1.50 bits per heavy atom. The maximum atomic E-state index is 12.5. The van der Waals surface area contributed by atoms with Gasteiger partial charge in [0.05, 0.1) is 0 Å². The predicted octanol–water partition coefficient (Wildman–Crippen LogP) is 2.75.